The van der Waals surface area contributed by atoms with Crippen molar-refractivity contribution < 1.29 is 28.7 Å². The van der Waals surface area contributed by atoms with E-state index in [1.165, 1.54) is 0 Å². The van der Waals surface area contributed by atoms with Gasteiger partial charge in [0.25, 0.3) is 5.91 Å². The summed E-state index contributed by atoms with van der Waals surface area (Å²) in [6.45, 7) is 4.72. The summed E-state index contributed by atoms with van der Waals surface area (Å²) in [4.78, 5) is 67.6. The van der Waals surface area contributed by atoms with E-state index in [-0.39, 0.29) is 47.4 Å². The molecule has 1 saturated heterocycles. The number of Topliss-reactive ketones (excluding diaryl/α,β-unsaturated/α-hetero) is 2. The van der Waals surface area contributed by atoms with Gasteiger partial charge in [0, 0.05) is 18.9 Å². The first-order valence-corrected chi connectivity index (χ1v) is 16.2. The zero-order valence-corrected chi connectivity index (χ0v) is 24.9. The van der Waals surface area contributed by atoms with Crippen LogP contribution < -0.4 is 11.1 Å². The second kappa shape index (κ2) is 12.4. The number of hydrogen-bond acceptors (Lipinski definition) is 6. The van der Waals surface area contributed by atoms with E-state index in [9.17, 15) is 24.0 Å². The van der Waals surface area contributed by atoms with E-state index in [0.29, 0.717) is 18.9 Å². The summed E-state index contributed by atoms with van der Waals surface area (Å²) in [5.74, 6) is -2.26. The zero-order valence-electron chi connectivity index (χ0n) is 24.9. The molecule has 0 aromatic carbocycles. The maximum atomic E-state index is 14.3. The molecule has 1 heterocycles. The molecule has 5 aliphatic rings. The fraction of sp³-hybridized carbons (Fsp3) is 0.844. The molecule has 0 aromatic rings. The Labute approximate surface area is 244 Å². The second-order valence-electron chi connectivity index (χ2n) is 14.2. The largest absolute Gasteiger partial charge is 0.446 e. The second-order valence-corrected chi connectivity index (χ2v) is 14.2. The minimum atomic E-state index is -0.996. The highest BCUT2D eigenvalue weighted by molar-refractivity contribution is 6.36. The van der Waals surface area contributed by atoms with Crippen molar-refractivity contribution in [1.82, 2.24) is 10.2 Å². The van der Waals surface area contributed by atoms with Gasteiger partial charge in [-0.15, -0.1) is 0 Å². The Morgan fingerprint density at radius 2 is 1.54 bits per heavy atom. The Bertz CT molecular complexity index is 1030. The van der Waals surface area contributed by atoms with Crippen LogP contribution in [-0.2, 0) is 23.9 Å². The number of alkyl carbamates (subject to hydrolysis) is 1. The molecule has 4 aliphatic carbocycles. The Kier molecular flexibility index (Phi) is 9.10. The first kappa shape index (κ1) is 30.0. The van der Waals surface area contributed by atoms with Crippen molar-refractivity contribution in [2.24, 2.45) is 40.7 Å². The van der Waals surface area contributed by atoms with Crippen LogP contribution in [0.25, 0.3) is 0 Å². The van der Waals surface area contributed by atoms with Gasteiger partial charge in [0.2, 0.25) is 11.7 Å². The van der Waals surface area contributed by atoms with E-state index in [2.05, 4.69) is 19.2 Å². The average molecular weight is 572 g/mol. The summed E-state index contributed by atoms with van der Waals surface area (Å²) in [6, 6.07) is -1.39. The lowest BCUT2D eigenvalue weighted by Crippen LogP contribution is -2.57. The van der Waals surface area contributed by atoms with E-state index in [1.807, 2.05) is 0 Å². The number of nitrogens with zero attached hydrogens (tertiary/aromatic N) is 1. The number of rotatable bonds is 11. The molecule has 0 radical (unpaired) electrons. The number of piperidine rings is 1. The predicted molar refractivity (Wildman–Crippen MR) is 152 cm³/mol. The fourth-order valence-corrected chi connectivity index (χ4v) is 8.38. The molecular weight excluding hydrogens is 522 g/mol. The van der Waals surface area contributed by atoms with Crippen molar-refractivity contribution >= 4 is 29.5 Å². The van der Waals surface area contributed by atoms with Crippen LogP contribution in [0.15, 0.2) is 0 Å². The van der Waals surface area contributed by atoms with Gasteiger partial charge < -0.3 is 20.7 Å². The molecule has 3 amide bonds. The molecule has 0 aromatic heterocycles. The summed E-state index contributed by atoms with van der Waals surface area (Å²) in [7, 11) is 0. The molecule has 228 valence electrons. The smallest absolute Gasteiger partial charge is 0.408 e. The Morgan fingerprint density at radius 3 is 2.12 bits per heavy atom. The third-order valence-electron chi connectivity index (χ3n) is 11.2. The number of carbonyl (C=O) groups is 5. The number of nitrogens with two attached hydrogens (primary N) is 1. The van der Waals surface area contributed by atoms with E-state index in [0.717, 1.165) is 83.5 Å². The van der Waals surface area contributed by atoms with Crippen LogP contribution in [0.1, 0.15) is 110 Å². The summed E-state index contributed by atoms with van der Waals surface area (Å²) in [6.07, 6.45) is 12.6. The number of ketones is 2. The molecule has 41 heavy (non-hydrogen) atoms. The van der Waals surface area contributed by atoms with Crippen molar-refractivity contribution in [3.05, 3.63) is 0 Å². The number of ether oxygens (including phenoxy) is 1. The molecule has 3 N–H and O–H groups in total. The fourth-order valence-electron chi connectivity index (χ4n) is 8.38. The van der Waals surface area contributed by atoms with Gasteiger partial charge in [-0.1, -0.05) is 58.8 Å². The molecule has 0 bridgehead atoms. The molecular formula is C32H49N3O6. The van der Waals surface area contributed by atoms with Gasteiger partial charge >= 0.3 is 6.09 Å². The molecule has 1 aliphatic heterocycles. The van der Waals surface area contributed by atoms with Crippen molar-refractivity contribution in [3.63, 3.8) is 0 Å². The lowest BCUT2D eigenvalue weighted by Gasteiger charge is -2.37. The van der Waals surface area contributed by atoms with Gasteiger partial charge in [-0.25, -0.2) is 4.79 Å². The van der Waals surface area contributed by atoms with Crippen LogP contribution in [0.3, 0.4) is 0 Å². The lowest BCUT2D eigenvalue weighted by atomic mass is 9.76. The number of amides is 3. The highest BCUT2D eigenvalue weighted by Gasteiger charge is 2.69. The van der Waals surface area contributed by atoms with Crippen LogP contribution in [0.5, 0.6) is 0 Å². The van der Waals surface area contributed by atoms with Crippen LogP contribution in [0, 0.1) is 35.0 Å². The molecule has 9 nitrogen and oxygen atoms in total. The predicted octanol–water partition coefficient (Wildman–Crippen LogP) is 4.30. The van der Waals surface area contributed by atoms with Gasteiger partial charge in [0.15, 0.2) is 5.78 Å². The highest BCUT2D eigenvalue weighted by atomic mass is 16.6. The summed E-state index contributed by atoms with van der Waals surface area (Å²) in [5.41, 5.74) is 5.29. The van der Waals surface area contributed by atoms with Gasteiger partial charge in [-0.2, -0.15) is 0 Å². The topological polar surface area (TPSA) is 136 Å². The molecule has 0 spiro atoms. The standard InChI is InChI=1S/C32H49N3O6/c1-32(2)23-18-35(27(25(23)32)24(36)17-21(28(37)29(33)38)16-19-10-9-11-19)30(39)26(20-12-5-3-6-13-20)34-31(40)41-22-14-7-4-8-15-22/h19-23,25-27H,3-18H2,1-2H3,(H2,33,38)(H,34,40)/t21?,23-,25-,26-,27+/m0/s1. The van der Waals surface area contributed by atoms with Crippen molar-refractivity contribution in [3.8, 4) is 0 Å². The monoisotopic (exact) mass is 571 g/mol. The first-order chi connectivity index (χ1) is 19.6. The quantitative estimate of drug-likeness (QED) is 0.355. The van der Waals surface area contributed by atoms with Gasteiger partial charge in [-0.3, -0.25) is 19.2 Å². The molecule has 5 rings (SSSR count). The summed E-state index contributed by atoms with van der Waals surface area (Å²) >= 11 is 0. The van der Waals surface area contributed by atoms with Crippen LogP contribution in [0.2, 0.25) is 0 Å². The van der Waals surface area contributed by atoms with Gasteiger partial charge in [0.05, 0.1) is 6.04 Å². The van der Waals surface area contributed by atoms with Gasteiger partial charge in [-0.05, 0) is 74.0 Å². The van der Waals surface area contributed by atoms with E-state index in [1.54, 1.807) is 4.90 Å². The number of primary amides is 1. The van der Waals surface area contributed by atoms with Crippen molar-refractivity contribution in [2.75, 3.05) is 6.54 Å². The van der Waals surface area contributed by atoms with E-state index in [4.69, 9.17) is 10.5 Å². The normalized spacial score (nSPS) is 29.5. The average Bonchev–Trinajstić information content (AvgIpc) is 3.25. The van der Waals surface area contributed by atoms with Crippen LogP contribution >= 0.6 is 0 Å². The molecule has 5 fully saturated rings. The minimum absolute atomic E-state index is 0.00125. The zero-order chi connectivity index (χ0) is 29.3. The maximum Gasteiger partial charge on any atom is 0.408 e. The number of nitrogens with one attached hydrogen (secondary N) is 1. The minimum Gasteiger partial charge on any atom is -0.446 e. The molecule has 5 atom stereocenters. The Morgan fingerprint density at radius 1 is 0.902 bits per heavy atom. The van der Waals surface area contributed by atoms with E-state index < -0.39 is 35.8 Å². The molecule has 1 unspecified atom stereocenters. The number of hydrogen-bond donors (Lipinski definition) is 2. The van der Waals surface area contributed by atoms with Crippen molar-refractivity contribution in [1.29, 1.82) is 0 Å². The van der Waals surface area contributed by atoms with Crippen LogP contribution in [0.4, 0.5) is 4.79 Å². The summed E-state index contributed by atoms with van der Waals surface area (Å²) in [5, 5.41) is 2.96. The summed E-state index contributed by atoms with van der Waals surface area (Å²) < 4.78 is 5.75. The third kappa shape index (κ3) is 6.48. The van der Waals surface area contributed by atoms with Crippen molar-refractivity contribution in [2.45, 2.75) is 128 Å². The van der Waals surface area contributed by atoms with Gasteiger partial charge in [0.1, 0.15) is 12.1 Å². The number of likely N-dealkylation sites (tertiary alicyclic amines) is 1. The number of fused-ring (bicyclic) bond motifs is 1. The molecule has 9 heteroatoms. The SMILES string of the molecule is CC1(C)[C@@H]2[C@@H](C(=O)CC(CC3CCC3)C(=O)C(N)=O)N(C(=O)[C@@H](NC(=O)OC3CCCCC3)C3CCCCC3)C[C@@H]21. The maximum absolute atomic E-state index is 14.3. The van der Waals surface area contributed by atoms with E-state index >= 15 is 0 Å². The third-order valence-corrected chi connectivity index (χ3v) is 11.2. The first-order valence-electron chi connectivity index (χ1n) is 16.2. The Hall–Kier alpha value is -2.45. The highest BCUT2D eigenvalue weighted by Crippen LogP contribution is 2.65. The Balaban J connectivity index is 1.33. The lowest BCUT2D eigenvalue weighted by molar-refractivity contribution is -0.144. The number of carbonyl (C=O) groups excluding carboxylic acids is 5. The van der Waals surface area contributed by atoms with Crippen LogP contribution in [-0.4, -0.2) is 59.1 Å². The molecule has 4 saturated carbocycles.